The molecule has 0 amide bonds. The van der Waals surface area contributed by atoms with E-state index in [1.165, 1.54) is 32.2 Å². The van der Waals surface area contributed by atoms with E-state index in [4.69, 9.17) is 9.73 Å². The lowest BCUT2D eigenvalue weighted by molar-refractivity contribution is 0.165. The van der Waals surface area contributed by atoms with Crippen LogP contribution in [0.4, 0.5) is 0 Å². The van der Waals surface area contributed by atoms with Crippen LogP contribution in [0.3, 0.4) is 0 Å². The summed E-state index contributed by atoms with van der Waals surface area (Å²) in [4.78, 5) is 7.36. The van der Waals surface area contributed by atoms with Crippen LogP contribution < -0.4 is 10.6 Å². The van der Waals surface area contributed by atoms with Crippen LogP contribution in [0.1, 0.15) is 44.3 Å². The molecular formula is C19H35N7O. The van der Waals surface area contributed by atoms with Gasteiger partial charge in [-0.05, 0) is 51.6 Å². The molecule has 2 fully saturated rings. The van der Waals surface area contributed by atoms with E-state index in [-0.39, 0.29) is 0 Å². The van der Waals surface area contributed by atoms with Gasteiger partial charge in [0.05, 0.1) is 12.6 Å². The van der Waals surface area contributed by atoms with Crippen LogP contribution in [-0.4, -0.2) is 71.1 Å². The maximum atomic E-state index is 5.42. The summed E-state index contributed by atoms with van der Waals surface area (Å²) in [5.74, 6) is 3.32. The van der Waals surface area contributed by atoms with Crippen molar-refractivity contribution in [2.24, 2.45) is 18.0 Å². The molecule has 1 aromatic rings. The van der Waals surface area contributed by atoms with Crippen LogP contribution in [0, 0.1) is 12.8 Å². The summed E-state index contributed by atoms with van der Waals surface area (Å²) in [6.45, 7) is 8.65. The summed E-state index contributed by atoms with van der Waals surface area (Å²) in [5.41, 5.74) is 0. The molecule has 152 valence electrons. The average molecular weight is 378 g/mol. The number of guanidine groups is 1. The first-order valence-corrected chi connectivity index (χ1v) is 10.2. The lowest BCUT2D eigenvalue weighted by atomic mass is 10.2. The molecule has 3 rings (SSSR count). The highest BCUT2D eigenvalue weighted by atomic mass is 16.5. The molecule has 2 heterocycles. The van der Waals surface area contributed by atoms with E-state index in [0.717, 1.165) is 30.7 Å². The number of likely N-dealkylation sites (tertiary alicyclic amines) is 1. The highest BCUT2D eigenvalue weighted by Gasteiger charge is 2.32. The van der Waals surface area contributed by atoms with E-state index in [9.17, 15) is 0 Å². The molecule has 2 aliphatic rings. The minimum Gasteiger partial charge on any atom is -0.383 e. The summed E-state index contributed by atoms with van der Waals surface area (Å²) < 4.78 is 7.41. The molecular weight excluding hydrogens is 342 g/mol. The van der Waals surface area contributed by atoms with Crippen molar-refractivity contribution >= 4 is 5.96 Å². The van der Waals surface area contributed by atoms with Crippen molar-refractivity contribution in [1.82, 2.24) is 30.3 Å². The van der Waals surface area contributed by atoms with Gasteiger partial charge in [-0.25, -0.2) is 4.99 Å². The quantitative estimate of drug-likeness (QED) is 0.495. The third-order valence-electron chi connectivity index (χ3n) is 5.83. The van der Waals surface area contributed by atoms with Crippen LogP contribution in [0.2, 0.25) is 0 Å². The number of aliphatic imine (C=N–C) groups is 1. The zero-order chi connectivity index (χ0) is 19.2. The molecule has 2 unspecified atom stereocenters. The largest absolute Gasteiger partial charge is 0.383 e. The van der Waals surface area contributed by atoms with E-state index >= 15 is 0 Å². The number of likely N-dealkylation sites (N-methyl/N-ethyl adjacent to an activating group) is 1. The Morgan fingerprint density at radius 2 is 2.15 bits per heavy atom. The van der Waals surface area contributed by atoms with Gasteiger partial charge in [0.1, 0.15) is 12.4 Å². The van der Waals surface area contributed by atoms with Gasteiger partial charge in [-0.1, -0.05) is 6.92 Å². The topological polar surface area (TPSA) is 79.6 Å². The molecule has 1 aliphatic carbocycles. The molecule has 2 N–H and O–H groups in total. The minimum absolute atomic E-state index is 0.313. The Hall–Kier alpha value is -1.67. The van der Waals surface area contributed by atoms with Crippen LogP contribution in [0.5, 0.6) is 0 Å². The summed E-state index contributed by atoms with van der Waals surface area (Å²) in [7, 11) is 3.75. The van der Waals surface area contributed by atoms with E-state index in [2.05, 4.69) is 32.7 Å². The zero-order valence-corrected chi connectivity index (χ0v) is 17.2. The normalized spacial score (nSPS) is 22.2. The van der Waals surface area contributed by atoms with Crippen LogP contribution in [0.25, 0.3) is 0 Å². The number of hydrogen-bond donors (Lipinski definition) is 2. The number of nitrogens with zero attached hydrogens (tertiary/aromatic N) is 5. The Morgan fingerprint density at radius 3 is 2.78 bits per heavy atom. The van der Waals surface area contributed by atoms with Crippen molar-refractivity contribution in [2.75, 3.05) is 33.4 Å². The molecule has 0 spiro atoms. The van der Waals surface area contributed by atoms with Gasteiger partial charge in [0.25, 0.3) is 0 Å². The van der Waals surface area contributed by atoms with E-state index in [1.54, 1.807) is 7.11 Å². The Labute approximate surface area is 162 Å². The first-order valence-electron chi connectivity index (χ1n) is 10.2. The van der Waals surface area contributed by atoms with Crippen LogP contribution >= 0.6 is 0 Å². The minimum atomic E-state index is 0.313. The fraction of sp³-hybridized carbons (Fsp3) is 0.842. The number of ether oxygens (including phenoxy) is 1. The lowest BCUT2D eigenvalue weighted by Crippen LogP contribution is -2.49. The van der Waals surface area contributed by atoms with Gasteiger partial charge in [0, 0.05) is 26.7 Å². The molecule has 1 aliphatic heterocycles. The molecule has 8 heteroatoms. The van der Waals surface area contributed by atoms with Gasteiger partial charge in [-0.3, -0.25) is 4.90 Å². The second kappa shape index (κ2) is 9.50. The third-order valence-corrected chi connectivity index (χ3v) is 5.83. The Bertz CT molecular complexity index is 626. The van der Waals surface area contributed by atoms with Gasteiger partial charge >= 0.3 is 0 Å². The van der Waals surface area contributed by atoms with Crippen molar-refractivity contribution < 1.29 is 4.74 Å². The van der Waals surface area contributed by atoms with Crippen molar-refractivity contribution in [3.05, 3.63) is 11.6 Å². The van der Waals surface area contributed by atoms with Crippen LogP contribution in [0.15, 0.2) is 4.99 Å². The molecule has 1 saturated heterocycles. The van der Waals surface area contributed by atoms with Crippen molar-refractivity contribution in [3.63, 3.8) is 0 Å². The summed E-state index contributed by atoms with van der Waals surface area (Å²) in [5, 5.41) is 15.5. The smallest absolute Gasteiger partial charge is 0.192 e. The third kappa shape index (κ3) is 5.42. The molecule has 1 aromatic heterocycles. The van der Waals surface area contributed by atoms with Gasteiger partial charge in [-0.15, -0.1) is 10.2 Å². The van der Waals surface area contributed by atoms with E-state index < -0.39 is 0 Å². The SMILES string of the molecule is CCN1CCCC1CNC(=NCc1nnc(C)n1C)NC(COC)C1CC1. The van der Waals surface area contributed by atoms with Gasteiger partial charge in [0.15, 0.2) is 11.8 Å². The number of aromatic nitrogens is 3. The fourth-order valence-electron chi connectivity index (χ4n) is 3.80. The van der Waals surface area contributed by atoms with Crippen LogP contribution in [-0.2, 0) is 18.3 Å². The van der Waals surface area contributed by atoms with Gasteiger partial charge in [-0.2, -0.15) is 0 Å². The first-order chi connectivity index (χ1) is 13.1. The van der Waals surface area contributed by atoms with Crippen molar-refractivity contribution in [3.8, 4) is 0 Å². The Balaban J connectivity index is 1.65. The number of nitrogens with one attached hydrogen (secondary N) is 2. The molecule has 0 bridgehead atoms. The molecule has 2 atom stereocenters. The maximum absolute atomic E-state index is 5.42. The predicted octanol–water partition coefficient (Wildman–Crippen LogP) is 1.07. The molecule has 1 saturated carbocycles. The fourth-order valence-corrected chi connectivity index (χ4v) is 3.80. The zero-order valence-electron chi connectivity index (χ0n) is 17.2. The monoisotopic (exact) mass is 377 g/mol. The number of rotatable bonds is 9. The van der Waals surface area contributed by atoms with Crippen molar-refractivity contribution in [2.45, 2.75) is 58.2 Å². The van der Waals surface area contributed by atoms with Gasteiger partial charge < -0.3 is 19.9 Å². The number of hydrogen-bond acceptors (Lipinski definition) is 5. The van der Waals surface area contributed by atoms with E-state index in [1.807, 2.05) is 18.5 Å². The predicted molar refractivity (Wildman–Crippen MR) is 107 cm³/mol. The summed E-state index contributed by atoms with van der Waals surface area (Å²) in [6.07, 6.45) is 5.07. The molecule has 8 nitrogen and oxygen atoms in total. The lowest BCUT2D eigenvalue weighted by Gasteiger charge is -2.26. The standard InChI is InChI=1S/C19H35N7O/c1-5-26-10-6-7-16(26)11-20-19(22-17(13-27-4)15-8-9-15)21-12-18-24-23-14(2)25(18)3/h15-17H,5-13H2,1-4H3,(H2,20,21,22). The average Bonchev–Trinajstić information content (AvgIpc) is 3.34. The highest BCUT2D eigenvalue weighted by Crippen LogP contribution is 2.32. The van der Waals surface area contributed by atoms with Gasteiger partial charge in [0.2, 0.25) is 0 Å². The maximum Gasteiger partial charge on any atom is 0.192 e. The number of methoxy groups -OCH3 is 1. The van der Waals surface area contributed by atoms with Crippen molar-refractivity contribution in [1.29, 1.82) is 0 Å². The van der Waals surface area contributed by atoms with E-state index in [0.29, 0.717) is 31.2 Å². The molecule has 27 heavy (non-hydrogen) atoms. The second-order valence-electron chi connectivity index (χ2n) is 7.74. The Kier molecular flexibility index (Phi) is 7.07. The Morgan fingerprint density at radius 1 is 1.33 bits per heavy atom. The molecule has 0 radical (unpaired) electrons. The first kappa shape index (κ1) is 20.1. The highest BCUT2D eigenvalue weighted by molar-refractivity contribution is 5.80. The summed E-state index contributed by atoms with van der Waals surface area (Å²) in [6, 6.07) is 0.897. The number of aryl methyl sites for hydroxylation is 1. The summed E-state index contributed by atoms with van der Waals surface area (Å²) >= 11 is 0. The molecule has 0 aromatic carbocycles. The second-order valence-corrected chi connectivity index (χ2v) is 7.74.